The smallest absolute Gasteiger partial charge is 0.226 e. The van der Waals surface area contributed by atoms with Crippen LogP contribution in [-0.2, 0) is 11.2 Å². The molecule has 0 aromatic heterocycles. The van der Waals surface area contributed by atoms with E-state index in [4.69, 9.17) is 21.1 Å². The molecule has 0 saturated carbocycles. The zero-order valence-corrected chi connectivity index (χ0v) is 16.1. The Labute approximate surface area is 159 Å². The van der Waals surface area contributed by atoms with Gasteiger partial charge in [-0.25, -0.2) is 0 Å². The van der Waals surface area contributed by atoms with Gasteiger partial charge in [-0.1, -0.05) is 48.0 Å². The first kappa shape index (κ1) is 18.6. The predicted octanol–water partition coefficient (Wildman–Crippen LogP) is 4.51. The van der Waals surface area contributed by atoms with Crippen LogP contribution in [0, 0.1) is 5.92 Å². The molecule has 2 atom stereocenters. The van der Waals surface area contributed by atoms with Gasteiger partial charge in [-0.05, 0) is 37.0 Å². The average Bonchev–Trinajstić information content (AvgIpc) is 3.03. The van der Waals surface area contributed by atoms with E-state index in [2.05, 4.69) is 19.1 Å². The van der Waals surface area contributed by atoms with Crippen molar-refractivity contribution in [3.05, 3.63) is 58.6 Å². The van der Waals surface area contributed by atoms with Crippen molar-refractivity contribution in [2.45, 2.75) is 25.8 Å². The summed E-state index contributed by atoms with van der Waals surface area (Å²) in [6.45, 7) is 2.85. The van der Waals surface area contributed by atoms with Crippen LogP contribution in [0.15, 0.2) is 42.5 Å². The minimum atomic E-state index is -0.0586. The van der Waals surface area contributed by atoms with E-state index >= 15 is 0 Å². The number of carbonyl (C=O) groups excluding carboxylic acids is 1. The molecule has 1 fully saturated rings. The van der Waals surface area contributed by atoms with Crippen LogP contribution < -0.4 is 9.47 Å². The van der Waals surface area contributed by atoms with Crippen LogP contribution in [0.5, 0.6) is 11.5 Å². The molecule has 4 nitrogen and oxygen atoms in total. The number of ether oxygens (including phenoxy) is 2. The molecule has 0 unspecified atom stereocenters. The van der Waals surface area contributed by atoms with Gasteiger partial charge in [0.1, 0.15) is 0 Å². The first-order chi connectivity index (χ1) is 12.6. The second-order valence-corrected chi connectivity index (χ2v) is 6.96. The SMILES string of the molecule is COc1ccc(C[C@@H]2CCN([C@@H](C)c3ccccc3)C2=O)c(Cl)c1OC. The molecule has 1 aliphatic heterocycles. The molecular weight excluding hydrogens is 350 g/mol. The lowest BCUT2D eigenvalue weighted by atomic mass is 9.97. The predicted molar refractivity (Wildman–Crippen MR) is 103 cm³/mol. The standard InChI is InChI=1S/C21H24ClNO3/c1-14(15-7-5-4-6-8-15)23-12-11-17(21(23)24)13-16-9-10-18(25-2)20(26-3)19(16)22/h4-10,14,17H,11-13H2,1-3H3/t14-,17-/m0/s1. The van der Waals surface area contributed by atoms with Crippen LogP contribution in [0.1, 0.15) is 30.5 Å². The van der Waals surface area contributed by atoms with Crippen molar-refractivity contribution >= 4 is 17.5 Å². The molecule has 0 bridgehead atoms. The Kier molecular flexibility index (Phi) is 5.72. The first-order valence-corrected chi connectivity index (χ1v) is 9.19. The molecule has 26 heavy (non-hydrogen) atoms. The Morgan fingerprint density at radius 3 is 2.54 bits per heavy atom. The van der Waals surface area contributed by atoms with Gasteiger partial charge < -0.3 is 14.4 Å². The number of rotatable bonds is 6. The summed E-state index contributed by atoms with van der Waals surface area (Å²) in [7, 11) is 3.15. The van der Waals surface area contributed by atoms with E-state index in [9.17, 15) is 4.79 Å². The van der Waals surface area contributed by atoms with Gasteiger partial charge in [0.25, 0.3) is 0 Å². The number of carbonyl (C=O) groups is 1. The summed E-state index contributed by atoms with van der Waals surface area (Å²) in [6.07, 6.45) is 1.44. The lowest BCUT2D eigenvalue weighted by Crippen LogP contribution is -2.30. The Morgan fingerprint density at radius 2 is 1.88 bits per heavy atom. The highest BCUT2D eigenvalue weighted by Crippen LogP contribution is 2.39. The average molecular weight is 374 g/mol. The maximum atomic E-state index is 12.9. The molecule has 138 valence electrons. The molecule has 3 rings (SSSR count). The number of likely N-dealkylation sites (tertiary alicyclic amines) is 1. The number of hydrogen-bond donors (Lipinski definition) is 0. The summed E-state index contributed by atoms with van der Waals surface area (Å²) in [5.41, 5.74) is 2.07. The summed E-state index contributed by atoms with van der Waals surface area (Å²) in [5, 5.41) is 0.522. The second kappa shape index (κ2) is 8.00. The molecule has 0 spiro atoms. The van der Waals surface area contributed by atoms with E-state index in [0.717, 1.165) is 24.1 Å². The van der Waals surface area contributed by atoms with Gasteiger partial charge in [-0.2, -0.15) is 0 Å². The van der Waals surface area contributed by atoms with Crippen molar-refractivity contribution in [1.82, 2.24) is 4.90 Å². The third kappa shape index (κ3) is 3.51. The fraction of sp³-hybridized carbons (Fsp3) is 0.381. The van der Waals surface area contributed by atoms with Crippen molar-refractivity contribution in [3.8, 4) is 11.5 Å². The summed E-state index contributed by atoms with van der Waals surface area (Å²) in [5.74, 6) is 1.24. The number of methoxy groups -OCH3 is 2. The fourth-order valence-electron chi connectivity index (χ4n) is 3.60. The minimum absolute atomic E-state index is 0.0586. The molecule has 0 aliphatic carbocycles. The van der Waals surface area contributed by atoms with Crippen LogP contribution in [0.25, 0.3) is 0 Å². The lowest BCUT2D eigenvalue weighted by molar-refractivity contribution is -0.132. The number of hydrogen-bond acceptors (Lipinski definition) is 3. The molecular formula is C21H24ClNO3. The normalized spacial score (nSPS) is 18.1. The van der Waals surface area contributed by atoms with Crippen LogP contribution in [0.4, 0.5) is 0 Å². The van der Waals surface area contributed by atoms with Crippen LogP contribution in [0.2, 0.25) is 5.02 Å². The number of halogens is 1. The molecule has 1 aliphatic rings. The van der Waals surface area contributed by atoms with Gasteiger partial charge >= 0.3 is 0 Å². The molecule has 2 aromatic rings. The monoisotopic (exact) mass is 373 g/mol. The van der Waals surface area contributed by atoms with Crippen molar-refractivity contribution in [2.75, 3.05) is 20.8 Å². The zero-order valence-electron chi connectivity index (χ0n) is 15.4. The number of amides is 1. The van der Waals surface area contributed by atoms with Crippen molar-refractivity contribution in [1.29, 1.82) is 0 Å². The largest absolute Gasteiger partial charge is 0.493 e. The first-order valence-electron chi connectivity index (χ1n) is 8.81. The topological polar surface area (TPSA) is 38.8 Å². The van der Waals surface area contributed by atoms with E-state index in [1.54, 1.807) is 14.2 Å². The highest BCUT2D eigenvalue weighted by Gasteiger charge is 2.35. The van der Waals surface area contributed by atoms with Gasteiger partial charge in [0, 0.05) is 12.5 Å². The molecule has 0 N–H and O–H groups in total. The summed E-state index contributed by atoms with van der Waals surface area (Å²) in [4.78, 5) is 14.9. The summed E-state index contributed by atoms with van der Waals surface area (Å²) in [6, 6.07) is 14.0. The van der Waals surface area contributed by atoms with Crippen molar-refractivity contribution in [3.63, 3.8) is 0 Å². The molecule has 1 heterocycles. The Bertz CT molecular complexity index is 778. The summed E-state index contributed by atoms with van der Waals surface area (Å²) >= 11 is 6.48. The number of benzene rings is 2. The molecule has 0 radical (unpaired) electrons. The quantitative estimate of drug-likeness (QED) is 0.747. The summed E-state index contributed by atoms with van der Waals surface area (Å²) < 4.78 is 10.6. The van der Waals surface area contributed by atoms with Crippen LogP contribution >= 0.6 is 11.6 Å². The minimum Gasteiger partial charge on any atom is -0.493 e. The molecule has 1 saturated heterocycles. The van der Waals surface area contributed by atoms with Gasteiger partial charge in [-0.3, -0.25) is 4.79 Å². The van der Waals surface area contributed by atoms with Gasteiger partial charge in [-0.15, -0.1) is 0 Å². The highest BCUT2D eigenvalue weighted by atomic mass is 35.5. The van der Waals surface area contributed by atoms with E-state index in [1.807, 2.05) is 35.2 Å². The van der Waals surface area contributed by atoms with E-state index < -0.39 is 0 Å². The lowest BCUT2D eigenvalue weighted by Gasteiger charge is -2.25. The molecule has 2 aromatic carbocycles. The van der Waals surface area contributed by atoms with Gasteiger partial charge in [0.2, 0.25) is 5.91 Å². The van der Waals surface area contributed by atoms with Crippen molar-refractivity contribution in [2.24, 2.45) is 5.92 Å². The maximum absolute atomic E-state index is 12.9. The highest BCUT2D eigenvalue weighted by molar-refractivity contribution is 6.33. The molecule has 1 amide bonds. The zero-order chi connectivity index (χ0) is 18.7. The Hall–Kier alpha value is -2.20. The Morgan fingerprint density at radius 1 is 1.15 bits per heavy atom. The second-order valence-electron chi connectivity index (χ2n) is 6.58. The fourth-order valence-corrected chi connectivity index (χ4v) is 3.91. The van der Waals surface area contributed by atoms with E-state index in [0.29, 0.717) is 22.9 Å². The van der Waals surface area contributed by atoms with E-state index in [-0.39, 0.29) is 17.9 Å². The maximum Gasteiger partial charge on any atom is 0.226 e. The van der Waals surface area contributed by atoms with Crippen molar-refractivity contribution < 1.29 is 14.3 Å². The number of nitrogens with zero attached hydrogens (tertiary/aromatic N) is 1. The molecule has 5 heteroatoms. The van der Waals surface area contributed by atoms with Crippen LogP contribution in [-0.4, -0.2) is 31.6 Å². The van der Waals surface area contributed by atoms with E-state index in [1.165, 1.54) is 0 Å². The third-order valence-corrected chi connectivity index (χ3v) is 5.55. The van der Waals surface area contributed by atoms with Gasteiger partial charge in [0.05, 0.1) is 25.3 Å². The third-order valence-electron chi connectivity index (χ3n) is 5.13. The van der Waals surface area contributed by atoms with Crippen LogP contribution in [0.3, 0.4) is 0 Å². The van der Waals surface area contributed by atoms with Gasteiger partial charge in [0.15, 0.2) is 11.5 Å². The Balaban J connectivity index is 1.75.